The summed E-state index contributed by atoms with van der Waals surface area (Å²) >= 11 is 0. The highest BCUT2D eigenvalue weighted by Gasteiger charge is 2.47. The Hall–Kier alpha value is -3.59. The van der Waals surface area contributed by atoms with Crippen molar-refractivity contribution in [3.05, 3.63) is 59.9 Å². The van der Waals surface area contributed by atoms with Crippen molar-refractivity contribution in [2.45, 2.75) is 6.92 Å². The first-order valence-corrected chi connectivity index (χ1v) is 10.2. The van der Waals surface area contributed by atoms with E-state index in [4.69, 9.17) is 0 Å². The molecule has 9 heteroatoms. The summed E-state index contributed by atoms with van der Waals surface area (Å²) in [6.45, 7) is 5.88. The molecule has 0 unspecified atom stereocenters. The molecule has 31 heavy (non-hydrogen) atoms. The van der Waals surface area contributed by atoms with Gasteiger partial charge < -0.3 is 19.9 Å². The summed E-state index contributed by atoms with van der Waals surface area (Å²) in [6, 6.07) is 6.88. The van der Waals surface area contributed by atoms with E-state index >= 15 is 0 Å². The zero-order valence-corrected chi connectivity index (χ0v) is 16.9. The highest BCUT2D eigenvalue weighted by molar-refractivity contribution is 6.13. The summed E-state index contributed by atoms with van der Waals surface area (Å²) in [7, 11) is 0. The van der Waals surface area contributed by atoms with Crippen molar-refractivity contribution >= 4 is 33.8 Å². The van der Waals surface area contributed by atoms with E-state index in [-0.39, 0.29) is 11.6 Å². The number of aromatic nitrogens is 4. The molecular formula is C22H20FN7O. The molecule has 2 saturated heterocycles. The Morgan fingerprint density at radius 1 is 1.23 bits per heavy atom. The van der Waals surface area contributed by atoms with E-state index in [0.717, 1.165) is 37.3 Å². The van der Waals surface area contributed by atoms with E-state index in [1.807, 2.05) is 12.1 Å². The van der Waals surface area contributed by atoms with Crippen LogP contribution in [0.5, 0.6) is 0 Å². The van der Waals surface area contributed by atoms with Crippen molar-refractivity contribution in [2.75, 3.05) is 36.4 Å². The van der Waals surface area contributed by atoms with Crippen molar-refractivity contribution in [3.63, 3.8) is 0 Å². The summed E-state index contributed by atoms with van der Waals surface area (Å²) < 4.78 is 15.9. The molecule has 4 aromatic rings. The standard InChI is InChI=1S/C22H20FN7O/c1-13-7-29-8-14(6-17(23)20(29)26-13)27-21(31)16-2-3-18(15-4-5-25-28-19(15)16)30-11-22(12-30)9-24-10-22/h2-8,24H,9-12H2,1H3,(H,27,31). The highest BCUT2D eigenvalue weighted by atomic mass is 19.1. The van der Waals surface area contributed by atoms with Gasteiger partial charge >= 0.3 is 0 Å². The number of hydrogen-bond acceptors (Lipinski definition) is 6. The minimum Gasteiger partial charge on any atom is -0.370 e. The number of nitrogens with zero attached hydrogens (tertiary/aromatic N) is 5. The number of carbonyl (C=O) groups excluding carboxylic acids is 1. The molecule has 6 rings (SSSR count). The molecule has 0 radical (unpaired) electrons. The predicted octanol–water partition coefficient (Wildman–Crippen LogP) is 2.39. The van der Waals surface area contributed by atoms with Gasteiger partial charge in [0.2, 0.25) is 0 Å². The third kappa shape index (κ3) is 2.84. The maximum atomic E-state index is 14.4. The van der Waals surface area contributed by atoms with Crippen LogP contribution in [-0.2, 0) is 0 Å². The largest absolute Gasteiger partial charge is 0.370 e. The second-order valence-corrected chi connectivity index (χ2v) is 8.53. The minimum absolute atomic E-state index is 0.227. The monoisotopic (exact) mass is 417 g/mol. The number of rotatable bonds is 3. The van der Waals surface area contributed by atoms with Gasteiger partial charge in [0.1, 0.15) is 5.52 Å². The lowest BCUT2D eigenvalue weighted by molar-refractivity contribution is 0.102. The zero-order chi connectivity index (χ0) is 21.2. The molecule has 0 atom stereocenters. The maximum Gasteiger partial charge on any atom is 0.257 e. The van der Waals surface area contributed by atoms with Crippen molar-refractivity contribution in [3.8, 4) is 0 Å². The molecule has 8 nitrogen and oxygen atoms in total. The second-order valence-electron chi connectivity index (χ2n) is 8.53. The van der Waals surface area contributed by atoms with Crippen molar-refractivity contribution in [2.24, 2.45) is 5.41 Å². The number of nitrogens with one attached hydrogen (secondary N) is 2. The number of anilines is 2. The third-order valence-corrected chi connectivity index (χ3v) is 6.18. The Balaban J connectivity index is 1.33. The van der Waals surface area contributed by atoms with E-state index in [1.165, 1.54) is 6.07 Å². The van der Waals surface area contributed by atoms with E-state index in [2.05, 4.69) is 30.7 Å². The number of benzene rings is 1. The van der Waals surface area contributed by atoms with Gasteiger partial charge in [-0.3, -0.25) is 4.79 Å². The van der Waals surface area contributed by atoms with Gasteiger partial charge in [0.15, 0.2) is 11.5 Å². The molecule has 0 bridgehead atoms. The number of pyridine rings is 1. The van der Waals surface area contributed by atoms with Gasteiger partial charge in [-0.25, -0.2) is 9.37 Å². The number of hydrogen-bond donors (Lipinski definition) is 2. The molecule has 2 fully saturated rings. The molecule has 5 heterocycles. The Bertz CT molecular complexity index is 1350. The van der Waals surface area contributed by atoms with Crippen molar-refractivity contribution in [1.29, 1.82) is 0 Å². The molecule has 0 saturated carbocycles. The molecule has 1 spiro atoms. The fraction of sp³-hybridized carbons (Fsp3) is 0.273. The van der Waals surface area contributed by atoms with Crippen LogP contribution in [0.3, 0.4) is 0 Å². The Labute approximate surface area is 177 Å². The molecule has 2 aliphatic rings. The third-order valence-electron chi connectivity index (χ3n) is 6.18. The molecule has 0 aliphatic carbocycles. The molecule has 2 N–H and O–H groups in total. The summed E-state index contributed by atoms with van der Waals surface area (Å²) in [5.74, 6) is -0.862. The summed E-state index contributed by atoms with van der Waals surface area (Å²) in [5, 5.41) is 15.2. The number of halogens is 1. The zero-order valence-electron chi connectivity index (χ0n) is 16.9. The lowest BCUT2D eigenvalue weighted by Crippen LogP contribution is -2.71. The van der Waals surface area contributed by atoms with Crippen LogP contribution in [0.2, 0.25) is 0 Å². The topological polar surface area (TPSA) is 87.5 Å². The van der Waals surface area contributed by atoms with Crippen LogP contribution in [0, 0.1) is 18.2 Å². The van der Waals surface area contributed by atoms with Gasteiger partial charge in [0.05, 0.1) is 23.1 Å². The highest BCUT2D eigenvalue weighted by Crippen LogP contribution is 2.40. The predicted molar refractivity (Wildman–Crippen MR) is 115 cm³/mol. The average Bonchev–Trinajstić information content (AvgIpc) is 3.06. The first-order chi connectivity index (χ1) is 15.0. The van der Waals surface area contributed by atoms with Crippen molar-refractivity contribution in [1.82, 2.24) is 24.9 Å². The number of fused-ring (bicyclic) bond motifs is 2. The van der Waals surface area contributed by atoms with Gasteiger partial charge in [-0.15, -0.1) is 5.10 Å². The van der Waals surface area contributed by atoms with E-state index in [0.29, 0.717) is 27.9 Å². The fourth-order valence-corrected chi connectivity index (χ4v) is 4.61. The Morgan fingerprint density at radius 3 is 2.84 bits per heavy atom. The quantitative estimate of drug-likeness (QED) is 0.532. The van der Waals surface area contributed by atoms with Crippen LogP contribution in [0.1, 0.15) is 16.1 Å². The van der Waals surface area contributed by atoms with Crippen LogP contribution in [0.4, 0.5) is 15.8 Å². The smallest absolute Gasteiger partial charge is 0.257 e. The maximum absolute atomic E-state index is 14.4. The van der Waals surface area contributed by atoms with E-state index < -0.39 is 5.82 Å². The number of imidazole rings is 1. The van der Waals surface area contributed by atoms with Gasteiger partial charge in [-0.2, -0.15) is 5.10 Å². The van der Waals surface area contributed by atoms with Crippen molar-refractivity contribution < 1.29 is 9.18 Å². The summed E-state index contributed by atoms with van der Waals surface area (Å²) in [6.07, 6.45) is 4.99. The van der Waals surface area contributed by atoms with E-state index in [1.54, 1.807) is 36.0 Å². The Kier molecular flexibility index (Phi) is 3.79. The minimum atomic E-state index is -0.497. The van der Waals surface area contributed by atoms with E-state index in [9.17, 15) is 9.18 Å². The summed E-state index contributed by atoms with van der Waals surface area (Å²) in [5.41, 5.74) is 3.64. The van der Waals surface area contributed by atoms with Gasteiger partial charge in [-0.1, -0.05) is 0 Å². The van der Waals surface area contributed by atoms with Gasteiger partial charge in [0.25, 0.3) is 5.91 Å². The SMILES string of the molecule is Cc1cn2cc(NC(=O)c3ccc(N4CC5(CNC5)C4)c4ccnnc34)cc(F)c2n1. The normalized spacial score (nSPS) is 17.0. The van der Waals surface area contributed by atoms with Crippen LogP contribution in [-0.4, -0.2) is 51.7 Å². The lowest BCUT2D eigenvalue weighted by Gasteiger charge is -2.57. The van der Waals surface area contributed by atoms with Crippen LogP contribution < -0.4 is 15.5 Å². The first kappa shape index (κ1) is 18.2. The molecule has 1 amide bonds. The lowest BCUT2D eigenvalue weighted by atomic mass is 9.74. The number of carbonyl (C=O) groups is 1. The molecular weight excluding hydrogens is 397 g/mol. The second kappa shape index (κ2) is 6.45. The molecule has 2 aliphatic heterocycles. The number of amides is 1. The summed E-state index contributed by atoms with van der Waals surface area (Å²) in [4.78, 5) is 19.5. The molecule has 1 aromatic carbocycles. The molecule has 3 aromatic heterocycles. The Morgan fingerprint density at radius 2 is 2.06 bits per heavy atom. The fourth-order valence-electron chi connectivity index (χ4n) is 4.61. The van der Waals surface area contributed by atoms with Crippen LogP contribution in [0.15, 0.2) is 42.9 Å². The first-order valence-electron chi connectivity index (χ1n) is 10.2. The van der Waals surface area contributed by atoms with Gasteiger partial charge in [-0.05, 0) is 25.1 Å². The van der Waals surface area contributed by atoms with Crippen LogP contribution in [0.25, 0.3) is 16.6 Å². The average molecular weight is 417 g/mol. The van der Waals surface area contributed by atoms with Crippen LogP contribution >= 0.6 is 0 Å². The molecule has 156 valence electrons. The number of aryl methyl sites for hydroxylation is 1. The van der Waals surface area contributed by atoms with Gasteiger partial charge in [0, 0.05) is 61.1 Å².